The second-order valence-electron chi connectivity index (χ2n) is 3.56. The van der Waals surface area contributed by atoms with Gasteiger partial charge < -0.3 is 25.2 Å². The van der Waals surface area contributed by atoms with E-state index in [4.69, 9.17) is 5.11 Å². The first-order chi connectivity index (χ1) is 7.52. The highest BCUT2D eigenvalue weighted by molar-refractivity contribution is 5.91. The van der Waals surface area contributed by atoms with E-state index in [1.807, 2.05) is 0 Å². The van der Waals surface area contributed by atoms with E-state index in [1.165, 1.54) is 6.92 Å². The molecule has 6 nitrogen and oxygen atoms in total. The Morgan fingerprint density at radius 3 is 1.81 bits per heavy atom. The quantitative estimate of drug-likeness (QED) is 0.327. The maximum Gasteiger partial charge on any atom is 0.334 e. The molecule has 0 spiro atoms. The zero-order chi connectivity index (χ0) is 12.8. The second-order valence-corrected chi connectivity index (χ2v) is 3.56. The maximum absolute atomic E-state index is 11.5. The lowest BCUT2D eigenvalue weighted by molar-refractivity contribution is -0.139. The van der Waals surface area contributed by atoms with Crippen molar-refractivity contribution in [2.75, 3.05) is 33.5 Å². The number of aliphatic hydroxyl groups is 4. The zero-order valence-corrected chi connectivity index (χ0v) is 9.43. The molecule has 0 aliphatic heterocycles. The van der Waals surface area contributed by atoms with E-state index in [-0.39, 0.29) is 11.1 Å². The molecule has 6 heteroatoms. The van der Waals surface area contributed by atoms with Crippen molar-refractivity contribution in [2.24, 2.45) is 5.41 Å². The number of carbonyl (C=O) groups is 1. The van der Waals surface area contributed by atoms with Crippen LogP contribution in [0.2, 0.25) is 0 Å². The van der Waals surface area contributed by atoms with Crippen LogP contribution in [0.25, 0.3) is 0 Å². The Morgan fingerprint density at radius 2 is 1.56 bits per heavy atom. The molecule has 0 aromatic carbocycles. The van der Waals surface area contributed by atoms with Gasteiger partial charge in [0.1, 0.15) is 0 Å². The van der Waals surface area contributed by atoms with E-state index >= 15 is 0 Å². The summed E-state index contributed by atoms with van der Waals surface area (Å²) < 4.78 is 4.51. The van der Waals surface area contributed by atoms with Crippen molar-refractivity contribution in [3.05, 3.63) is 11.1 Å². The topological polar surface area (TPSA) is 107 Å². The summed E-state index contributed by atoms with van der Waals surface area (Å²) in [5, 5.41) is 36.6. The third-order valence-corrected chi connectivity index (χ3v) is 2.49. The summed E-state index contributed by atoms with van der Waals surface area (Å²) >= 11 is 0. The average molecular weight is 234 g/mol. The standard InChI is InChI=1S/C10H18O6/c1-7(3-11)8(9(15)16-2)10(4-12,5-13)6-14/h11-14H,3-6H2,1-2H3. The molecule has 0 radical (unpaired) electrons. The Labute approximate surface area is 93.8 Å². The molecule has 0 saturated heterocycles. The van der Waals surface area contributed by atoms with Gasteiger partial charge in [-0.05, 0) is 12.5 Å². The van der Waals surface area contributed by atoms with E-state index < -0.39 is 37.8 Å². The van der Waals surface area contributed by atoms with Gasteiger partial charge in [0.05, 0.1) is 44.5 Å². The maximum atomic E-state index is 11.5. The number of carbonyl (C=O) groups excluding carboxylic acids is 1. The number of esters is 1. The van der Waals surface area contributed by atoms with Gasteiger partial charge in [-0.1, -0.05) is 0 Å². The number of hydrogen-bond donors (Lipinski definition) is 4. The first kappa shape index (κ1) is 15.0. The monoisotopic (exact) mass is 234 g/mol. The SMILES string of the molecule is COC(=O)C(=C(C)CO)C(CO)(CO)CO. The fourth-order valence-electron chi connectivity index (χ4n) is 1.41. The van der Waals surface area contributed by atoms with Crippen LogP contribution < -0.4 is 0 Å². The van der Waals surface area contributed by atoms with Crippen LogP contribution in [0.5, 0.6) is 0 Å². The predicted molar refractivity (Wildman–Crippen MR) is 55.5 cm³/mol. The summed E-state index contributed by atoms with van der Waals surface area (Å²) in [6, 6.07) is 0. The molecule has 0 aromatic heterocycles. The van der Waals surface area contributed by atoms with Crippen LogP contribution in [0, 0.1) is 5.41 Å². The molecule has 0 aliphatic rings. The molecule has 0 heterocycles. The summed E-state index contributed by atoms with van der Waals surface area (Å²) in [4.78, 5) is 11.5. The number of aliphatic hydroxyl groups excluding tert-OH is 4. The van der Waals surface area contributed by atoms with E-state index in [9.17, 15) is 20.1 Å². The molecule has 0 fully saturated rings. The normalized spacial score (nSPS) is 13.4. The van der Waals surface area contributed by atoms with Gasteiger partial charge in [-0.15, -0.1) is 0 Å². The van der Waals surface area contributed by atoms with Crippen LogP contribution in [-0.4, -0.2) is 59.9 Å². The highest BCUT2D eigenvalue weighted by atomic mass is 16.5. The van der Waals surface area contributed by atoms with Crippen LogP contribution in [0.1, 0.15) is 6.92 Å². The van der Waals surface area contributed by atoms with Crippen LogP contribution in [0.15, 0.2) is 11.1 Å². The molecule has 0 amide bonds. The van der Waals surface area contributed by atoms with Gasteiger partial charge in [0.15, 0.2) is 0 Å². The van der Waals surface area contributed by atoms with Crippen molar-refractivity contribution >= 4 is 5.97 Å². The molecule has 0 rings (SSSR count). The van der Waals surface area contributed by atoms with Crippen molar-refractivity contribution in [1.29, 1.82) is 0 Å². The number of hydrogen-bond acceptors (Lipinski definition) is 6. The number of ether oxygens (including phenoxy) is 1. The number of rotatable bonds is 6. The highest BCUT2D eigenvalue weighted by Gasteiger charge is 2.38. The number of methoxy groups -OCH3 is 1. The molecule has 0 unspecified atom stereocenters. The van der Waals surface area contributed by atoms with Gasteiger partial charge in [0.2, 0.25) is 0 Å². The summed E-state index contributed by atoms with van der Waals surface area (Å²) in [7, 11) is 1.14. The molecule has 0 aromatic rings. The Balaban J connectivity index is 5.57. The Bertz CT molecular complexity index is 258. The van der Waals surface area contributed by atoms with Crippen molar-refractivity contribution in [2.45, 2.75) is 6.92 Å². The largest absolute Gasteiger partial charge is 0.466 e. The van der Waals surface area contributed by atoms with Crippen LogP contribution in [-0.2, 0) is 9.53 Å². The third kappa shape index (κ3) is 2.79. The second kappa shape index (κ2) is 6.59. The minimum absolute atomic E-state index is 0.0926. The molecule has 0 atom stereocenters. The lowest BCUT2D eigenvalue weighted by atomic mass is 9.79. The van der Waals surface area contributed by atoms with Gasteiger partial charge in [-0.25, -0.2) is 4.79 Å². The van der Waals surface area contributed by atoms with E-state index in [0.29, 0.717) is 0 Å². The molecular weight excluding hydrogens is 216 g/mol. The molecule has 0 aliphatic carbocycles. The average Bonchev–Trinajstić information content (AvgIpc) is 2.34. The van der Waals surface area contributed by atoms with E-state index in [1.54, 1.807) is 0 Å². The first-order valence-corrected chi connectivity index (χ1v) is 4.75. The van der Waals surface area contributed by atoms with Crippen molar-refractivity contribution in [3.8, 4) is 0 Å². The molecule has 16 heavy (non-hydrogen) atoms. The third-order valence-electron chi connectivity index (χ3n) is 2.49. The summed E-state index contributed by atoms with van der Waals surface area (Å²) in [6.45, 7) is -0.834. The summed E-state index contributed by atoms with van der Waals surface area (Å²) in [5.74, 6) is -0.788. The van der Waals surface area contributed by atoms with Gasteiger partial charge in [0.25, 0.3) is 0 Å². The van der Waals surface area contributed by atoms with E-state index in [0.717, 1.165) is 7.11 Å². The van der Waals surface area contributed by atoms with Crippen LogP contribution >= 0.6 is 0 Å². The Hall–Kier alpha value is -0.950. The zero-order valence-electron chi connectivity index (χ0n) is 9.43. The van der Waals surface area contributed by atoms with Crippen molar-refractivity contribution in [1.82, 2.24) is 0 Å². The molecule has 0 bridgehead atoms. The summed E-state index contributed by atoms with van der Waals surface area (Å²) in [5.41, 5.74) is -1.35. The van der Waals surface area contributed by atoms with Crippen molar-refractivity contribution < 1.29 is 30.0 Å². The van der Waals surface area contributed by atoms with E-state index in [2.05, 4.69) is 4.74 Å². The highest BCUT2D eigenvalue weighted by Crippen LogP contribution is 2.29. The molecule has 4 N–H and O–H groups in total. The minimum Gasteiger partial charge on any atom is -0.466 e. The Kier molecular flexibility index (Phi) is 6.20. The molecular formula is C10H18O6. The van der Waals surface area contributed by atoms with Gasteiger partial charge in [-0.2, -0.15) is 0 Å². The van der Waals surface area contributed by atoms with Gasteiger partial charge in [0, 0.05) is 0 Å². The predicted octanol–water partition coefficient (Wildman–Crippen LogP) is -1.57. The Morgan fingerprint density at radius 1 is 1.12 bits per heavy atom. The first-order valence-electron chi connectivity index (χ1n) is 4.75. The smallest absolute Gasteiger partial charge is 0.334 e. The van der Waals surface area contributed by atoms with Gasteiger partial charge in [-0.3, -0.25) is 0 Å². The lowest BCUT2D eigenvalue weighted by Gasteiger charge is -2.30. The molecule has 94 valence electrons. The van der Waals surface area contributed by atoms with Crippen molar-refractivity contribution in [3.63, 3.8) is 0 Å². The van der Waals surface area contributed by atoms with Crippen LogP contribution in [0.3, 0.4) is 0 Å². The fourth-order valence-corrected chi connectivity index (χ4v) is 1.41. The van der Waals surface area contributed by atoms with Crippen LogP contribution in [0.4, 0.5) is 0 Å². The molecule has 0 saturated carbocycles. The fraction of sp³-hybridized carbons (Fsp3) is 0.700. The summed E-state index contributed by atoms with van der Waals surface area (Å²) in [6.07, 6.45) is 0. The minimum atomic E-state index is -1.50. The lowest BCUT2D eigenvalue weighted by Crippen LogP contribution is -2.40. The van der Waals surface area contributed by atoms with Gasteiger partial charge >= 0.3 is 5.97 Å².